The summed E-state index contributed by atoms with van der Waals surface area (Å²) in [4.78, 5) is 13.5. The lowest BCUT2D eigenvalue weighted by Crippen LogP contribution is -2.20. The zero-order chi connectivity index (χ0) is 15.7. The first-order chi connectivity index (χ1) is 10.6. The first-order valence-corrected chi connectivity index (χ1v) is 8.73. The third-order valence-corrected chi connectivity index (χ3v) is 5.86. The average Bonchev–Trinajstić information content (AvgIpc) is 3.01. The van der Waals surface area contributed by atoms with Gasteiger partial charge >= 0.3 is 0 Å². The van der Waals surface area contributed by atoms with Gasteiger partial charge in [-0.3, -0.25) is 9.48 Å². The Morgan fingerprint density at radius 1 is 1.55 bits per heavy atom. The number of hydrogen-bond donors (Lipinski definition) is 1. The Morgan fingerprint density at radius 2 is 2.32 bits per heavy atom. The predicted molar refractivity (Wildman–Crippen MR) is 89.0 cm³/mol. The van der Waals surface area contributed by atoms with Gasteiger partial charge in [0.2, 0.25) is 5.91 Å². The molecule has 2 heterocycles. The van der Waals surface area contributed by atoms with Crippen molar-refractivity contribution < 1.29 is 4.79 Å². The van der Waals surface area contributed by atoms with Crippen molar-refractivity contribution in [1.82, 2.24) is 9.78 Å². The molecule has 114 valence electrons. The van der Waals surface area contributed by atoms with Crippen molar-refractivity contribution in [3.63, 3.8) is 0 Å². The summed E-state index contributed by atoms with van der Waals surface area (Å²) in [6.07, 6.45) is 5.90. The van der Waals surface area contributed by atoms with Crippen LogP contribution < -0.4 is 5.32 Å². The number of amides is 1. The third kappa shape index (κ3) is 2.81. The Bertz CT molecular complexity index is 771. The molecule has 2 aromatic rings. The van der Waals surface area contributed by atoms with E-state index in [-0.39, 0.29) is 12.5 Å². The molecule has 0 aromatic carbocycles. The number of rotatable bonds is 3. The van der Waals surface area contributed by atoms with E-state index in [1.807, 2.05) is 6.92 Å². The average molecular weight is 379 g/mol. The predicted octanol–water partition coefficient (Wildman–Crippen LogP) is 3.40. The summed E-state index contributed by atoms with van der Waals surface area (Å²) in [5.41, 5.74) is 2.68. The largest absolute Gasteiger partial charge is 0.315 e. The Hall–Kier alpha value is -1.65. The number of carbonyl (C=O) groups excluding carboxylic acids is 1. The molecule has 0 fully saturated rings. The normalized spacial score (nSPS) is 13.5. The molecule has 7 heteroatoms. The van der Waals surface area contributed by atoms with Gasteiger partial charge in [0.05, 0.1) is 21.9 Å². The number of halogens is 1. The number of aryl methyl sites for hydroxylation is 1. The minimum atomic E-state index is -0.159. The first kappa shape index (κ1) is 15.3. The number of nitriles is 1. The van der Waals surface area contributed by atoms with E-state index in [0.29, 0.717) is 10.6 Å². The molecule has 5 nitrogen and oxygen atoms in total. The Balaban J connectivity index is 1.78. The van der Waals surface area contributed by atoms with E-state index in [1.165, 1.54) is 4.88 Å². The lowest BCUT2D eigenvalue weighted by molar-refractivity contribution is -0.116. The SMILES string of the molecule is Cc1c(Br)cnn1CC(=O)Nc1sc2c(c1C#N)CCCC2. The molecule has 22 heavy (non-hydrogen) atoms. The van der Waals surface area contributed by atoms with Crippen LogP contribution in [-0.2, 0) is 24.2 Å². The quantitative estimate of drug-likeness (QED) is 0.889. The van der Waals surface area contributed by atoms with Crippen LogP contribution in [0, 0.1) is 18.3 Å². The molecular formula is C15H15BrN4OS. The van der Waals surface area contributed by atoms with Crippen LogP contribution in [0.1, 0.15) is 34.5 Å². The molecule has 0 saturated carbocycles. The second kappa shape index (κ2) is 6.23. The molecule has 0 unspecified atom stereocenters. The molecular weight excluding hydrogens is 364 g/mol. The molecule has 1 aliphatic rings. The Morgan fingerprint density at radius 3 is 3.00 bits per heavy atom. The maximum absolute atomic E-state index is 12.2. The van der Waals surface area contributed by atoms with E-state index in [0.717, 1.165) is 41.4 Å². The number of nitrogens with one attached hydrogen (secondary N) is 1. The fourth-order valence-corrected chi connectivity index (χ4v) is 4.21. The molecule has 0 bridgehead atoms. The van der Waals surface area contributed by atoms with Gasteiger partial charge in [-0.25, -0.2) is 0 Å². The van der Waals surface area contributed by atoms with Crippen molar-refractivity contribution in [2.24, 2.45) is 0 Å². The van der Waals surface area contributed by atoms with E-state index < -0.39 is 0 Å². The summed E-state index contributed by atoms with van der Waals surface area (Å²) in [5, 5.41) is 17.1. The summed E-state index contributed by atoms with van der Waals surface area (Å²) in [6, 6.07) is 2.25. The van der Waals surface area contributed by atoms with Crippen molar-refractivity contribution >= 4 is 38.2 Å². The highest BCUT2D eigenvalue weighted by molar-refractivity contribution is 9.10. The van der Waals surface area contributed by atoms with E-state index in [9.17, 15) is 10.1 Å². The highest BCUT2D eigenvalue weighted by Crippen LogP contribution is 2.37. The van der Waals surface area contributed by atoms with Gasteiger partial charge in [0.25, 0.3) is 0 Å². The van der Waals surface area contributed by atoms with Crippen LogP contribution in [0.5, 0.6) is 0 Å². The minimum absolute atomic E-state index is 0.144. The molecule has 2 aromatic heterocycles. The van der Waals surface area contributed by atoms with Gasteiger partial charge in [-0.05, 0) is 54.1 Å². The third-order valence-electron chi connectivity index (χ3n) is 3.87. The van der Waals surface area contributed by atoms with E-state index in [2.05, 4.69) is 32.4 Å². The standard InChI is InChI=1S/C15H15BrN4OS/c1-9-12(16)7-18-20(9)8-14(21)19-15-11(6-17)10-4-2-3-5-13(10)22-15/h7H,2-5,8H2,1H3,(H,19,21). The van der Waals surface area contributed by atoms with Crippen LogP contribution in [0.2, 0.25) is 0 Å². The van der Waals surface area contributed by atoms with Crippen LogP contribution in [0.15, 0.2) is 10.7 Å². The van der Waals surface area contributed by atoms with Crippen LogP contribution in [-0.4, -0.2) is 15.7 Å². The van der Waals surface area contributed by atoms with Gasteiger partial charge in [0.1, 0.15) is 17.6 Å². The topological polar surface area (TPSA) is 70.7 Å². The van der Waals surface area contributed by atoms with Crippen molar-refractivity contribution in [3.05, 3.63) is 32.4 Å². The highest BCUT2D eigenvalue weighted by Gasteiger charge is 2.22. The fourth-order valence-electron chi connectivity index (χ4n) is 2.66. The molecule has 3 rings (SSSR count). The van der Waals surface area contributed by atoms with Gasteiger partial charge in [0, 0.05) is 4.88 Å². The molecule has 0 atom stereocenters. The number of nitrogens with zero attached hydrogens (tertiary/aromatic N) is 3. The monoisotopic (exact) mass is 378 g/mol. The lowest BCUT2D eigenvalue weighted by atomic mass is 9.96. The Kier molecular flexibility index (Phi) is 4.32. The van der Waals surface area contributed by atoms with Crippen LogP contribution in [0.4, 0.5) is 5.00 Å². The first-order valence-electron chi connectivity index (χ1n) is 7.12. The van der Waals surface area contributed by atoms with Gasteiger partial charge in [-0.1, -0.05) is 0 Å². The summed E-state index contributed by atoms with van der Waals surface area (Å²) >= 11 is 4.92. The zero-order valence-corrected chi connectivity index (χ0v) is 14.6. The van der Waals surface area contributed by atoms with Crippen LogP contribution >= 0.6 is 27.3 Å². The molecule has 1 amide bonds. The summed E-state index contributed by atoms with van der Waals surface area (Å²) < 4.78 is 2.52. The molecule has 0 radical (unpaired) electrons. The van der Waals surface area contributed by atoms with Gasteiger partial charge < -0.3 is 5.32 Å². The van der Waals surface area contributed by atoms with E-state index in [4.69, 9.17) is 0 Å². The highest BCUT2D eigenvalue weighted by atomic mass is 79.9. The number of fused-ring (bicyclic) bond motifs is 1. The van der Waals surface area contributed by atoms with Crippen LogP contribution in [0.25, 0.3) is 0 Å². The van der Waals surface area contributed by atoms with E-state index in [1.54, 1.807) is 22.2 Å². The van der Waals surface area contributed by atoms with Crippen LogP contribution in [0.3, 0.4) is 0 Å². The lowest BCUT2D eigenvalue weighted by Gasteiger charge is -2.09. The second-order valence-corrected chi connectivity index (χ2v) is 7.27. The number of hydrogen-bond acceptors (Lipinski definition) is 4. The summed E-state index contributed by atoms with van der Waals surface area (Å²) in [6.45, 7) is 2.04. The maximum atomic E-state index is 12.2. The fraction of sp³-hybridized carbons (Fsp3) is 0.400. The second-order valence-electron chi connectivity index (χ2n) is 5.31. The molecule has 0 spiro atoms. The van der Waals surface area contributed by atoms with Gasteiger partial charge in [0.15, 0.2) is 0 Å². The summed E-state index contributed by atoms with van der Waals surface area (Å²) in [5.74, 6) is -0.159. The maximum Gasteiger partial charge on any atom is 0.246 e. The minimum Gasteiger partial charge on any atom is -0.315 e. The van der Waals surface area contributed by atoms with Crippen molar-refractivity contribution in [2.45, 2.75) is 39.2 Å². The number of thiophene rings is 1. The van der Waals surface area contributed by atoms with Crippen molar-refractivity contribution in [3.8, 4) is 6.07 Å². The molecule has 0 saturated heterocycles. The van der Waals surface area contributed by atoms with Gasteiger partial charge in [-0.2, -0.15) is 10.4 Å². The number of carbonyl (C=O) groups is 1. The van der Waals surface area contributed by atoms with Gasteiger partial charge in [-0.15, -0.1) is 11.3 Å². The number of anilines is 1. The number of aromatic nitrogens is 2. The molecule has 1 aliphatic carbocycles. The Labute approximate surface area is 141 Å². The molecule has 1 N–H and O–H groups in total. The smallest absolute Gasteiger partial charge is 0.246 e. The van der Waals surface area contributed by atoms with Crippen molar-refractivity contribution in [2.75, 3.05) is 5.32 Å². The molecule has 0 aliphatic heterocycles. The van der Waals surface area contributed by atoms with Crippen molar-refractivity contribution in [1.29, 1.82) is 5.26 Å². The summed E-state index contributed by atoms with van der Waals surface area (Å²) in [7, 11) is 0. The van der Waals surface area contributed by atoms with E-state index >= 15 is 0 Å². The zero-order valence-electron chi connectivity index (χ0n) is 12.1.